The summed E-state index contributed by atoms with van der Waals surface area (Å²) in [6, 6.07) is 5.65. The van der Waals surface area contributed by atoms with Gasteiger partial charge in [-0.05, 0) is 37.6 Å². The van der Waals surface area contributed by atoms with Crippen molar-refractivity contribution in [1.29, 1.82) is 0 Å². The Morgan fingerprint density at radius 3 is 2.54 bits per heavy atom. The van der Waals surface area contributed by atoms with E-state index < -0.39 is 6.04 Å². The van der Waals surface area contributed by atoms with Crippen molar-refractivity contribution in [1.82, 2.24) is 15.1 Å². The SMILES string of the molecule is CCC(=O)N1C(C(=O)NCc2ccc(F)cc2)CSC12CCN(C)CC2. The van der Waals surface area contributed by atoms with Crippen molar-refractivity contribution in [2.75, 3.05) is 25.9 Å². The van der Waals surface area contributed by atoms with E-state index in [2.05, 4.69) is 17.3 Å². The van der Waals surface area contributed by atoms with Gasteiger partial charge in [0.25, 0.3) is 0 Å². The van der Waals surface area contributed by atoms with Gasteiger partial charge in [0, 0.05) is 31.8 Å². The molecule has 0 aliphatic carbocycles. The van der Waals surface area contributed by atoms with Gasteiger partial charge in [0.1, 0.15) is 11.9 Å². The number of carbonyl (C=O) groups is 2. The van der Waals surface area contributed by atoms with Crippen molar-refractivity contribution in [2.45, 2.75) is 43.6 Å². The average Bonchev–Trinajstić information content (AvgIpc) is 3.02. The van der Waals surface area contributed by atoms with Crippen LogP contribution in [0.3, 0.4) is 0 Å². The zero-order chi connectivity index (χ0) is 18.7. The van der Waals surface area contributed by atoms with Crippen molar-refractivity contribution in [3.63, 3.8) is 0 Å². The lowest BCUT2D eigenvalue weighted by Crippen LogP contribution is -2.57. The van der Waals surface area contributed by atoms with E-state index in [0.29, 0.717) is 18.7 Å². The number of piperidine rings is 1. The Labute approximate surface area is 158 Å². The van der Waals surface area contributed by atoms with Gasteiger partial charge in [-0.3, -0.25) is 9.59 Å². The average molecular weight is 380 g/mol. The van der Waals surface area contributed by atoms with Crippen molar-refractivity contribution in [2.24, 2.45) is 0 Å². The molecule has 1 atom stereocenters. The van der Waals surface area contributed by atoms with Gasteiger partial charge >= 0.3 is 0 Å². The van der Waals surface area contributed by atoms with E-state index in [1.165, 1.54) is 12.1 Å². The van der Waals surface area contributed by atoms with E-state index in [-0.39, 0.29) is 22.5 Å². The molecular weight excluding hydrogens is 353 g/mol. The highest BCUT2D eigenvalue weighted by molar-refractivity contribution is 8.01. The zero-order valence-corrected chi connectivity index (χ0v) is 16.2. The van der Waals surface area contributed by atoms with Gasteiger partial charge in [0.2, 0.25) is 11.8 Å². The lowest BCUT2D eigenvalue weighted by atomic mass is 10.00. The molecule has 2 saturated heterocycles. The van der Waals surface area contributed by atoms with Crippen LogP contribution >= 0.6 is 11.8 Å². The summed E-state index contributed by atoms with van der Waals surface area (Å²) in [5.74, 6) is 0.252. The third-order valence-electron chi connectivity index (χ3n) is 5.28. The normalized spacial score (nSPS) is 22.6. The number of hydrogen-bond donors (Lipinski definition) is 1. The maximum atomic E-state index is 13.0. The summed E-state index contributed by atoms with van der Waals surface area (Å²) < 4.78 is 13.0. The van der Waals surface area contributed by atoms with E-state index in [9.17, 15) is 14.0 Å². The smallest absolute Gasteiger partial charge is 0.243 e. The standard InChI is InChI=1S/C19H26FN3O2S/c1-3-17(24)23-16(13-26-19(23)8-10-22(2)11-9-19)18(25)21-12-14-4-6-15(20)7-5-14/h4-7,16H,3,8-13H2,1-2H3,(H,21,25). The molecule has 2 heterocycles. The minimum absolute atomic E-state index is 0.0430. The number of carbonyl (C=O) groups excluding carboxylic acids is 2. The minimum Gasteiger partial charge on any atom is -0.350 e. The van der Waals surface area contributed by atoms with Crippen LogP contribution < -0.4 is 5.32 Å². The van der Waals surface area contributed by atoms with Gasteiger partial charge in [-0.25, -0.2) is 4.39 Å². The molecule has 2 aliphatic rings. The third-order valence-corrected chi connectivity index (χ3v) is 6.91. The van der Waals surface area contributed by atoms with Gasteiger partial charge in [-0.2, -0.15) is 0 Å². The monoisotopic (exact) mass is 379 g/mol. The van der Waals surface area contributed by atoms with Crippen LogP contribution in [0.25, 0.3) is 0 Å². The molecule has 1 spiro atoms. The highest BCUT2D eigenvalue weighted by Gasteiger charge is 2.52. The van der Waals surface area contributed by atoms with E-state index in [1.54, 1.807) is 23.9 Å². The topological polar surface area (TPSA) is 52.7 Å². The molecular formula is C19H26FN3O2S. The Bertz CT molecular complexity index is 659. The summed E-state index contributed by atoms with van der Waals surface area (Å²) in [5, 5.41) is 2.92. The molecule has 26 heavy (non-hydrogen) atoms. The third kappa shape index (κ3) is 3.88. The van der Waals surface area contributed by atoms with E-state index in [0.717, 1.165) is 31.5 Å². The van der Waals surface area contributed by atoms with Crippen LogP contribution in [-0.2, 0) is 16.1 Å². The van der Waals surface area contributed by atoms with Crippen LogP contribution in [0.5, 0.6) is 0 Å². The second-order valence-corrected chi connectivity index (χ2v) is 8.42. The van der Waals surface area contributed by atoms with Crippen LogP contribution in [0.15, 0.2) is 24.3 Å². The minimum atomic E-state index is -0.434. The van der Waals surface area contributed by atoms with Gasteiger partial charge in [0.15, 0.2) is 0 Å². The zero-order valence-electron chi connectivity index (χ0n) is 15.3. The first kappa shape index (κ1) is 19.2. The Balaban J connectivity index is 1.70. The van der Waals surface area contributed by atoms with E-state index in [1.807, 2.05) is 11.8 Å². The quantitative estimate of drug-likeness (QED) is 0.872. The van der Waals surface area contributed by atoms with Crippen molar-refractivity contribution in [3.8, 4) is 0 Å². The fourth-order valence-corrected chi connectivity index (χ4v) is 5.30. The summed E-state index contributed by atoms with van der Waals surface area (Å²) in [4.78, 5) is 29.3. The van der Waals surface area contributed by atoms with Crippen LogP contribution in [0.4, 0.5) is 4.39 Å². The number of halogens is 1. The number of nitrogens with zero attached hydrogens (tertiary/aromatic N) is 2. The molecule has 2 fully saturated rings. The number of thioether (sulfide) groups is 1. The largest absolute Gasteiger partial charge is 0.350 e. The molecule has 1 unspecified atom stereocenters. The summed E-state index contributed by atoms with van der Waals surface area (Å²) in [5.41, 5.74) is 0.841. The fourth-order valence-electron chi connectivity index (χ4n) is 3.69. The predicted octanol–water partition coefficient (Wildman–Crippen LogP) is 2.22. The number of benzene rings is 1. The second kappa shape index (κ2) is 7.96. The molecule has 7 heteroatoms. The van der Waals surface area contributed by atoms with Gasteiger partial charge in [0.05, 0.1) is 4.87 Å². The first-order valence-electron chi connectivity index (χ1n) is 9.12. The van der Waals surface area contributed by atoms with E-state index >= 15 is 0 Å². The fraction of sp³-hybridized carbons (Fsp3) is 0.579. The lowest BCUT2D eigenvalue weighted by molar-refractivity contribution is -0.143. The molecule has 3 rings (SSSR count). The van der Waals surface area contributed by atoms with Crippen LogP contribution in [-0.4, -0.2) is 58.4 Å². The number of hydrogen-bond acceptors (Lipinski definition) is 4. The number of nitrogens with one attached hydrogen (secondary N) is 1. The molecule has 0 radical (unpaired) electrons. The molecule has 0 saturated carbocycles. The molecule has 2 aliphatic heterocycles. The maximum Gasteiger partial charge on any atom is 0.243 e. The molecule has 1 aromatic carbocycles. The Hall–Kier alpha value is -1.60. The number of rotatable bonds is 4. The summed E-state index contributed by atoms with van der Waals surface area (Å²) in [6.45, 7) is 4.06. The second-order valence-electron chi connectivity index (χ2n) is 7.04. The van der Waals surface area contributed by atoms with Crippen molar-refractivity contribution < 1.29 is 14.0 Å². The molecule has 5 nitrogen and oxygen atoms in total. The Morgan fingerprint density at radius 1 is 1.27 bits per heavy atom. The first-order valence-corrected chi connectivity index (χ1v) is 10.1. The van der Waals surface area contributed by atoms with Crippen molar-refractivity contribution in [3.05, 3.63) is 35.6 Å². The molecule has 0 aromatic heterocycles. The van der Waals surface area contributed by atoms with Crippen LogP contribution in [0.2, 0.25) is 0 Å². The Morgan fingerprint density at radius 2 is 1.92 bits per heavy atom. The predicted molar refractivity (Wildman–Crippen MR) is 101 cm³/mol. The first-order chi connectivity index (χ1) is 12.4. The summed E-state index contributed by atoms with van der Waals surface area (Å²) in [7, 11) is 2.09. The Kier molecular flexibility index (Phi) is 5.87. The van der Waals surface area contributed by atoms with Crippen LogP contribution in [0, 0.1) is 5.82 Å². The molecule has 1 aromatic rings. The van der Waals surface area contributed by atoms with Gasteiger partial charge < -0.3 is 15.1 Å². The molecule has 0 bridgehead atoms. The molecule has 142 valence electrons. The van der Waals surface area contributed by atoms with E-state index in [4.69, 9.17) is 0 Å². The van der Waals surface area contributed by atoms with Gasteiger partial charge in [-0.15, -0.1) is 11.8 Å². The molecule has 2 amide bonds. The summed E-state index contributed by atoms with van der Waals surface area (Å²) >= 11 is 1.75. The highest BCUT2D eigenvalue weighted by Crippen LogP contribution is 2.46. The summed E-state index contributed by atoms with van der Waals surface area (Å²) in [6.07, 6.45) is 2.18. The van der Waals surface area contributed by atoms with Crippen molar-refractivity contribution >= 4 is 23.6 Å². The van der Waals surface area contributed by atoms with Crippen LogP contribution in [0.1, 0.15) is 31.7 Å². The number of likely N-dealkylation sites (tertiary alicyclic amines) is 1. The van der Waals surface area contributed by atoms with Gasteiger partial charge in [-0.1, -0.05) is 19.1 Å². The highest BCUT2D eigenvalue weighted by atomic mass is 32.2. The number of amides is 2. The molecule has 1 N–H and O–H groups in total. The lowest BCUT2D eigenvalue weighted by Gasteiger charge is -2.44. The maximum absolute atomic E-state index is 13.0.